The molecule has 1 aromatic heterocycles. The van der Waals surface area contributed by atoms with Gasteiger partial charge < -0.3 is 5.73 Å². The molecule has 1 amide bonds. The first-order chi connectivity index (χ1) is 6.43. The molecule has 1 aromatic rings. The fourth-order valence-corrected chi connectivity index (χ4v) is 1.26. The van der Waals surface area contributed by atoms with Crippen LogP contribution in [0.2, 0.25) is 0 Å². The summed E-state index contributed by atoms with van der Waals surface area (Å²) in [5.74, 6) is -1.97. The number of nitrogens with zero attached hydrogens (tertiary/aromatic N) is 1. The largest absolute Gasteiger partial charge is 0.366 e. The van der Waals surface area contributed by atoms with Gasteiger partial charge in [-0.3, -0.25) is 4.79 Å². The maximum Gasteiger partial charge on any atom is 0.281 e. The van der Waals surface area contributed by atoms with Gasteiger partial charge in [-0.25, -0.2) is 18.2 Å². The quantitative estimate of drug-likeness (QED) is 0.669. The van der Waals surface area contributed by atoms with Crippen molar-refractivity contribution in [1.82, 2.24) is 4.98 Å². The van der Waals surface area contributed by atoms with Crippen LogP contribution < -0.4 is 5.73 Å². The van der Waals surface area contributed by atoms with Crippen LogP contribution in [-0.2, 0) is 0 Å². The molecule has 0 aliphatic rings. The van der Waals surface area contributed by atoms with E-state index in [-0.39, 0.29) is 3.70 Å². The molecule has 0 saturated heterocycles. The van der Waals surface area contributed by atoms with Crippen LogP contribution in [0.15, 0.2) is 6.07 Å². The van der Waals surface area contributed by atoms with Crippen molar-refractivity contribution in [3.05, 3.63) is 26.8 Å². The Kier molecular flexibility index (Phi) is 3.29. The van der Waals surface area contributed by atoms with Gasteiger partial charge in [0.25, 0.3) is 12.3 Å². The van der Waals surface area contributed by atoms with Crippen LogP contribution in [0.1, 0.15) is 22.5 Å². The van der Waals surface area contributed by atoms with Gasteiger partial charge in [0, 0.05) is 0 Å². The van der Waals surface area contributed by atoms with Crippen molar-refractivity contribution in [2.24, 2.45) is 5.73 Å². The van der Waals surface area contributed by atoms with E-state index in [0.29, 0.717) is 6.07 Å². The second-order valence-corrected chi connectivity index (χ2v) is 3.38. The van der Waals surface area contributed by atoms with Gasteiger partial charge in [0.1, 0.15) is 9.39 Å². The van der Waals surface area contributed by atoms with Gasteiger partial charge in [0.2, 0.25) is 0 Å². The molecular weight excluding hydrogens is 312 g/mol. The number of primary amides is 1. The standard InChI is InChI=1S/C7H4F3IN2O/c8-3-1-2(7(12)14)4(5(9)10)13-6(3)11/h1,5H,(H2,12,14). The lowest BCUT2D eigenvalue weighted by molar-refractivity contribution is 0.0982. The van der Waals surface area contributed by atoms with E-state index in [2.05, 4.69) is 4.98 Å². The van der Waals surface area contributed by atoms with Crippen molar-refractivity contribution < 1.29 is 18.0 Å². The molecule has 0 aliphatic heterocycles. The average molecular weight is 316 g/mol. The van der Waals surface area contributed by atoms with Crippen LogP contribution in [0.3, 0.4) is 0 Å². The molecule has 76 valence electrons. The maximum atomic E-state index is 12.9. The van der Waals surface area contributed by atoms with E-state index < -0.39 is 29.4 Å². The Morgan fingerprint density at radius 1 is 1.57 bits per heavy atom. The second kappa shape index (κ2) is 4.11. The third kappa shape index (κ3) is 2.14. The van der Waals surface area contributed by atoms with Gasteiger partial charge in [0.05, 0.1) is 5.56 Å². The van der Waals surface area contributed by atoms with E-state index in [0.717, 1.165) is 0 Å². The summed E-state index contributed by atoms with van der Waals surface area (Å²) in [6, 6.07) is 0.665. The number of nitrogens with two attached hydrogens (primary N) is 1. The Labute approximate surface area is 90.6 Å². The minimum atomic E-state index is -2.95. The van der Waals surface area contributed by atoms with E-state index in [4.69, 9.17) is 5.73 Å². The summed E-state index contributed by atoms with van der Waals surface area (Å²) in [4.78, 5) is 13.9. The van der Waals surface area contributed by atoms with E-state index in [1.807, 2.05) is 0 Å². The highest BCUT2D eigenvalue weighted by Crippen LogP contribution is 2.23. The van der Waals surface area contributed by atoms with Crippen LogP contribution in [0.5, 0.6) is 0 Å². The van der Waals surface area contributed by atoms with Crippen molar-refractivity contribution >= 4 is 28.5 Å². The molecule has 0 spiro atoms. The maximum absolute atomic E-state index is 12.9. The summed E-state index contributed by atoms with van der Waals surface area (Å²) in [6.07, 6.45) is -2.95. The second-order valence-electron chi connectivity index (χ2n) is 2.36. The highest BCUT2D eigenvalue weighted by Gasteiger charge is 2.21. The predicted octanol–water partition coefficient (Wildman–Crippen LogP) is 1.86. The summed E-state index contributed by atoms with van der Waals surface area (Å²) >= 11 is 1.45. The molecule has 0 radical (unpaired) electrons. The number of alkyl halides is 2. The molecule has 0 fully saturated rings. The van der Waals surface area contributed by atoms with Gasteiger partial charge in [-0.1, -0.05) is 0 Å². The number of pyridine rings is 1. The van der Waals surface area contributed by atoms with Crippen LogP contribution in [0.4, 0.5) is 13.2 Å². The van der Waals surface area contributed by atoms with Gasteiger partial charge in [-0.2, -0.15) is 0 Å². The monoisotopic (exact) mass is 316 g/mol. The Morgan fingerprint density at radius 2 is 2.14 bits per heavy atom. The lowest BCUT2D eigenvalue weighted by atomic mass is 10.2. The molecule has 0 bridgehead atoms. The number of hydrogen-bond acceptors (Lipinski definition) is 2. The molecular formula is C7H4F3IN2O. The molecule has 0 atom stereocenters. The zero-order valence-corrected chi connectivity index (χ0v) is 8.76. The lowest BCUT2D eigenvalue weighted by Gasteiger charge is -2.05. The number of carbonyl (C=O) groups excluding carboxylic acids is 1. The number of aromatic nitrogens is 1. The first-order valence-corrected chi connectivity index (χ1v) is 4.45. The Morgan fingerprint density at radius 3 is 2.57 bits per heavy atom. The highest BCUT2D eigenvalue weighted by atomic mass is 127. The first kappa shape index (κ1) is 11.2. The van der Waals surface area contributed by atoms with E-state index in [9.17, 15) is 18.0 Å². The van der Waals surface area contributed by atoms with Crippen LogP contribution in [0.25, 0.3) is 0 Å². The Hall–Kier alpha value is -0.860. The fraction of sp³-hybridized carbons (Fsp3) is 0.143. The molecule has 2 N–H and O–H groups in total. The van der Waals surface area contributed by atoms with Crippen molar-refractivity contribution in [3.8, 4) is 0 Å². The van der Waals surface area contributed by atoms with E-state index >= 15 is 0 Å². The first-order valence-electron chi connectivity index (χ1n) is 3.37. The Balaban J connectivity index is 3.39. The molecule has 0 saturated carbocycles. The normalized spacial score (nSPS) is 10.6. The Bertz CT molecular complexity index is 383. The molecule has 7 heteroatoms. The summed E-state index contributed by atoms with van der Waals surface area (Å²) in [5, 5.41) is 0. The number of rotatable bonds is 2. The van der Waals surface area contributed by atoms with Crippen molar-refractivity contribution in [3.63, 3.8) is 0 Å². The zero-order chi connectivity index (χ0) is 10.9. The number of hydrogen-bond donors (Lipinski definition) is 1. The lowest BCUT2D eigenvalue weighted by Crippen LogP contribution is -2.16. The smallest absolute Gasteiger partial charge is 0.281 e. The van der Waals surface area contributed by atoms with Crippen LogP contribution in [0, 0.1) is 9.52 Å². The van der Waals surface area contributed by atoms with E-state index in [1.165, 1.54) is 22.6 Å². The molecule has 1 heterocycles. The molecule has 0 aliphatic carbocycles. The molecule has 0 unspecified atom stereocenters. The molecule has 1 rings (SSSR count). The molecule has 0 aromatic carbocycles. The molecule has 14 heavy (non-hydrogen) atoms. The minimum absolute atomic E-state index is 0.220. The van der Waals surface area contributed by atoms with E-state index in [1.54, 1.807) is 0 Å². The number of carbonyl (C=O) groups is 1. The summed E-state index contributed by atoms with van der Waals surface area (Å²) in [7, 11) is 0. The fourth-order valence-electron chi connectivity index (χ4n) is 0.843. The van der Waals surface area contributed by atoms with Crippen molar-refractivity contribution in [1.29, 1.82) is 0 Å². The summed E-state index contributed by atoms with van der Waals surface area (Å²) < 4.78 is 37.2. The van der Waals surface area contributed by atoms with Crippen LogP contribution in [-0.4, -0.2) is 10.9 Å². The molecule has 3 nitrogen and oxygen atoms in total. The average Bonchev–Trinajstić information content (AvgIpc) is 2.08. The summed E-state index contributed by atoms with van der Waals surface area (Å²) in [5.41, 5.74) is 3.42. The van der Waals surface area contributed by atoms with Crippen molar-refractivity contribution in [2.45, 2.75) is 6.43 Å². The predicted molar refractivity (Wildman–Crippen MR) is 50.4 cm³/mol. The minimum Gasteiger partial charge on any atom is -0.366 e. The topological polar surface area (TPSA) is 56.0 Å². The summed E-state index contributed by atoms with van der Waals surface area (Å²) in [6.45, 7) is 0. The third-order valence-corrected chi connectivity index (χ3v) is 2.19. The number of halogens is 4. The third-order valence-electron chi connectivity index (χ3n) is 1.43. The van der Waals surface area contributed by atoms with Crippen molar-refractivity contribution in [2.75, 3.05) is 0 Å². The van der Waals surface area contributed by atoms with Gasteiger partial charge in [0.15, 0.2) is 5.82 Å². The van der Waals surface area contributed by atoms with Crippen LogP contribution >= 0.6 is 22.6 Å². The highest BCUT2D eigenvalue weighted by molar-refractivity contribution is 14.1. The zero-order valence-electron chi connectivity index (χ0n) is 6.60. The van der Waals surface area contributed by atoms with Gasteiger partial charge in [-0.15, -0.1) is 0 Å². The van der Waals surface area contributed by atoms with Gasteiger partial charge >= 0.3 is 0 Å². The number of amides is 1. The SMILES string of the molecule is NC(=O)c1cc(F)c(I)nc1C(F)F. The van der Waals surface area contributed by atoms with Gasteiger partial charge in [-0.05, 0) is 28.7 Å².